The molecule has 3 aromatic carbocycles. The first kappa shape index (κ1) is 22.6. The van der Waals surface area contributed by atoms with E-state index in [-0.39, 0.29) is 34.6 Å². The Morgan fingerprint density at radius 3 is 2.38 bits per heavy atom. The third-order valence-corrected chi connectivity index (χ3v) is 6.43. The third-order valence-electron chi connectivity index (χ3n) is 6.43. The first-order valence-corrected chi connectivity index (χ1v) is 12.0. The molecule has 0 spiro atoms. The van der Waals surface area contributed by atoms with Crippen LogP contribution in [0, 0.1) is 0 Å². The first-order valence-electron chi connectivity index (χ1n) is 12.0. The number of benzene rings is 3. The van der Waals surface area contributed by atoms with Crippen LogP contribution >= 0.6 is 0 Å². The van der Waals surface area contributed by atoms with Crippen LogP contribution in [0.4, 0.5) is 0 Å². The molecule has 37 heavy (non-hydrogen) atoms. The Bertz CT molecular complexity index is 1560. The van der Waals surface area contributed by atoms with Gasteiger partial charge in [0, 0.05) is 23.5 Å². The lowest BCUT2D eigenvalue weighted by Crippen LogP contribution is -2.39. The second kappa shape index (κ2) is 9.31. The predicted octanol–water partition coefficient (Wildman–Crippen LogP) is 4.88. The number of carbonyl (C=O) groups excluding carboxylic acids is 2. The van der Waals surface area contributed by atoms with Crippen molar-refractivity contribution >= 4 is 22.7 Å². The minimum atomic E-state index is -0.326. The summed E-state index contributed by atoms with van der Waals surface area (Å²) in [4.78, 5) is 41.9. The van der Waals surface area contributed by atoms with Gasteiger partial charge in [-0.2, -0.15) is 0 Å². The average molecular weight is 490 g/mol. The fourth-order valence-corrected chi connectivity index (χ4v) is 4.32. The van der Waals surface area contributed by atoms with Crippen LogP contribution in [0.2, 0.25) is 0 Å². The number of carbonyl (C=O) groups is 2. The number of nitrogens with one attached hydrogen (secondary N) is 2. The van der Waals surface area contributed by atoms with Gasteiger partial charge in [0.15, 0.2) is 11.5 Å². The zero-order chi connectivity index (χ0) is 25.2. The molecule has 6 rings (SSSR count). The highest BCUT2D eigenvalue weighted by Crippen LogP contribution is 2.39. The lowest BCUT2D eigenvalue weighted by molar-refractivity contribution is 0.0922. The second-order valence-corrected chi connectivity index (χ2v) is 9.17. The van der Waals surface area contributed by atoms with Crippen molar-refractivity contribution in [1.82, 2.24) is 25.3 Å². The molecule has 0 unspecified atom stereocenters. The number of aromatic amines is 1. The standard InChI is InChI=1S/C29H23N5O3/c35-25(26-32-22-8-4-5-9-23(22)33-26)20-10-12-21(13-11-20)37-28-24(30-16-17-31-28)27(36)34-29(14-15-29)18-19-6-2-1-3-7-19/h1-13,16-17H,14-15,18H2,(H,32,33)(H,34,36). The van der Waals surface area contributed by atoms with Gasteiger partial charge >= 0.3 is 0 Å². The number of amides is 1. The highest BCUT2D eigenvalue weighted by molar-refractivity contribution is 6.08. The van der Waals surface area contributed by atoms with E-state index in [1.165, 1.54) is 18.0 Å². The molecular formula is C29H23N5O3. The summed E-state index contributed by atoms with van der Waals surface area (Å²) in [5, 5.41) is 3.13. The Morgan fingerprint density at radius 2 is 1.62 bits per heavy atom. The highest BCUT2D eigenvalue weighted by atomic mass is 16.5. The van der Waals surface area contributed by atoms with Gasteiger partial charge in [-0.1, -0.05) is 42.5 Å². The van der Waals surface area contributed by atoms with Crippen LogP contribution in [-0.2, 0) is 6.42 Å². The summed E-state index contributed by atoms with van der Waals surface area (Å²) in [6.45, 7) is 0. The summed E-state index contributed by atoms with van der Waals surface area (Å²) >= 11 is 0. The number of aromatic nitrogens is 4. The summed E-state index contributed by atoms with van der Waals surface area (Å²) < 4.78 is 5.90. The zero-order valence-electron chi connectivity index (χ0n) is 19.8. The molecule has 1 saturated carbocycles. The number of para-hydroxylation sites is 2. The molecule has 8 heteroatoms. The van der Waals surface area contributed by atoms with Crippen LogP contribution in [0.5, 0.6) is 11.6 Å². The van der Waals surface area contributed by atoms with E-state index < -0.39 is 0 Å². The molecule has 182 valence electrons. The van der Waals surface area contributed by atoms with Crippen LogP contribution in [0.3, 0.4) is 0 Å². The number of hydrogen-bond donors (Lipinski definition) is 2. The highest BCUT2D eigenvalue weighted by Gasteiger charge is 2.44. The fourth-order valence-electron chi connectivity index (χ4n) is 4.32. The van der Waals surface area contributed by atoms with Crippen LogP contribution in [-0.4, -0.2) is 37.2 Å². The smallest absolute Gasteiger partial charge is 0.275 e. The molecule has 1 aliphatic carbocycles. The normalized spacial score (nSPS) is 13.7. The number of ketones is 1. The van der Waals surface area contributed by atoms with E-state index in [2.05, 4.69) is 37.4 Å². The van der Waals surface area contributed by atoms with Gasteiger partial charge in [0.2, 0.25) is 5.78 Å². The fraction of sp³-hybridized carbons (Fsp3) is 0.138. The first-order chi connectivity index (χ1) is 18.1. The van der Waals surface area contributed by atoms with Crippen molar-refractivity contribution in [3.8, 4) is 11.6 Å². The maximum absolute atomic E-state index is 13.1. The molecule has 2 N–H and O–H groups in total. The Balaban J connectivity index is 1.16. The van der Waals surface area contributed by atoms with E-state index in [0.29, 0.717) is 11.3 Å². The molecule has 0 radical (unpaired) electrons. The molecule has 0 saturated heterocycles. The summed E-state index contributed by atoms with van der Waals surface area (Å²) in [5.41, 5.74) is 3.01. The minimum absolute atomic E-state index is 0.104. The molecule has 1 fully saturated rings. The Kier molecular flexibility index (Phi) is 5.69. The predicted molar refractivity (Wildman–Crippen MR) is 138 cm³/mol. The van der Waals surface area contributed by atoms with Crippen molar-refractivity contribution in [3.05, 3.63) is 114 Å². The van der Waals surface area contributed by atoms with E-state index in [0.717, 1.165) is 30.3 Å². The van der Waals surface area contributed by atoms with Crippen LogP contribution in [0.1, 0.15) is 45.1 Å². The van der Waals surface area contributed by atoms with E-state index in [1.807, 2.05) is 42.5 Å². The van der Waals surface area contributed by atoms with Crippen LogP contribution in [0.15, 0.2) is 91.3 Å². The van der Waals surface area contributed by atoms with Gasteiger partial charge in [-0.25, -0.2) is 15.0 Å². The monoisotopic (exact) mass is 489 g/mol. The SMILES string of the molecule is O=C(c1ccc(Oc2nccnc2C(=O)NC2(Cc3ccccc3)CC2)cc1)c1nc2ccccc2[nH]1. The average Bonchev–Trinajstić information content (AvgIpc) is 3.53. The van der Waals surface area contributed by atoms with Crippen molar-refractivity contribution in [2.24, 2.45) is 0 Å². The summed E-state index contributed by atoms with van der Waals surface area (Å²) in [5.74, 6) is 0.254. The van der Waals surface area contributed by atoms with Gasteiger partial charge in [-0.15, -0.1) is 0 Å². The Morgan fingerprint density at radius 1 is 0.892 bits per heavy atom. The molecule has 0 atom stereocenters. The lowest BCUT2D eigenvalue weighted by atomic mass is 10.0. The number of nitrogens with zero attached hydrogens (tertiary/aromatic N) is 3. The number of H-pyrrole nitrogens is 1. The van der Waals surface area contributed by atoms with Crippen molar-refractivity contribution in [2.75, 3.05) is 0 Å². The number of hydrogen-bond acceptors (Lipinski definition) is 6. The maximum Gasteiger partial charge on any atom is 0.275 e. The lowest BCUT2D eigenvalue weighted by Gasteiger charge is -2.18. The zero-order valence-corrected chi connectivity index (χ0v) is 19.8. The van der Waals surface area contributed by atoms with Gasteiger partial charge in [-0.05, 0) is 61.2 Å². The van der Waals surface area contributed by atoms with Crippen molar-refractivity contribution in [1.29, 1.82) is 0 Å². The molecular weight excluding hydrogens is 466 g/mol. The van der Waals surface area contributed by atoms with E-state index >= 15 is 0 Å². The number of fused-ring (bicyclic) bond motifs is 1. The van der Waals surface area contributed by atoms with Crippen molar-refractivity contribution < 1.29 is 14.3 Å². The number of rotatable bonds is 8. The van der Waals surface area contributed by atoms with Crippen LogP contribution in [0.25, 0.3) is 11.0 Å². The molecule has 2 heterocycles. The van der Waals surface area contributed by atoms with Crippen LogP contribution < -0.4 is 10.1 Å². The van der Waals surface area contributed by atoms with Gasteiger partial charge in [0.1, 0.15) is 5.75 Å². The van der Waals surface area contributed by atoms with Gasteiger partial charge in [0.25, 0.3) is 11.8 Å². The molecule has 0 bridgehead atoms. The second-order valence-electron chi connectivity index (χ2n) is 9.17. The summed E-state index contributed by atoms with van der Waals surface area (Å²) in [6, 6.07) is 24.2. The topological polar surface area (TPSA) is 110 Å². The molecule has 0 aliphatic heterocycles. The van der Waals surface area contributed by atoms with E-state index in [9.17, 15) is 9.59 Å². The van der Waals surface area contributed by atoms with Gasteiger partial charge in [-0.3, -0.25) is 9.59 Å². The van der Waals surface area contributed by atoms with E-state index in [1.54, 1.807) is 24.3 Å². The summed E-state index contributed by atoms with van der Waals surface area (Å²) in [7, 11) is 0. The number of ether oxygens (including phenoxy) is 1. The molecule has 2 aromatic heterocycles. The van der Waals surface area contributed by atoms with Crippen molar-refractivity contribution in [3.63, 3.8) is 0 Å². The summed E-state index contributed by atoms with van der Waals surface area (Å²) in [6.07, 6.45) is 5.52. The molecule has 1 amide bonds. The molecule has 1 aliphatic rings. The van der Waals surface area contributed by atoms with Gasteiger partial charge in [0.05, 0.1) is 11.0 Å². The quantitative estimate of drug-likeness (QED) is 0.301. The largest absolute Gasteiger partial charge is 0.437 e. The van der Waals surface area contributed by atoms with Crippen molar-refractivity contribution in [2.45, 2.75) is 24.8 Å². The Labute approximate surface area is 212 Å². The van der Waals surface area contributed by atoms with E-state index in [4.69, 9.17) is 4.74 Å². The number of imidazole rings is 1. The molecule has 5 aromatic rings. The maximum atomic E-state index is 13.1. The third kappa shape index (κ3) is 4.81. The minimum Gasteiger partial charge on any atom is -0.437 e. The van der Waals surface area contributed by atoms with Gasteiger partial charge < -0.3 is 15.0 Å². The molecule has 8 nitrogen and oxygen atoms in total. The Hall–Kier alpha value is -4.85.